The van der Waals surface area contributed by atoms with Gasteiger partial charge in [0.25, 0.3) is 0 Å². The first-order chi connectivity index (χ1) is 7.25. The molecule has 0 unspecified atom stereocenters. The third-order valence-corrected chi connectivity index (χ3v) is 2.45. The molecule has 0 saturated heterocycles. The van der Waals surface area contributed by atoms with Crippen LogP contribution in [0.2, 0.25) is 0 Å². The van der Waals surface area contributed by atoms with E-state index in [0.29, 0.717) is 12.3 Å². The minimum Gasteiger partial charge on any atom is -0.475 e. The molecule has 2 aromatic heterocycles. The summed E-state index contributed by atoms with van der Waals surface area (Å²) in [7, 11) is 0. The Kier molecular flexibility index (Phi) is 2.68. The number of furan rings is 1. The molecule has 5 nitrogen and oxygen atoms in total. The highest BCUT2D eigenvalue weighted by molar-refractivity contribution is 7.13. The molecule has 0 atom stereocenters. The van der Waals surface area contributed by atoms with Crippen LogP contribution in [0.4, 0.5) is 5.13 Å². The van der Waals surface area contributed by atoms with E-state index in [2.05, 4.69) is 10.3 Å². The molecule has 78 valence electrons. The van der Waals surface area contributed by atoms with Crippen molar-refractivity contribution >= 4 is 22.4 Å². The summed E-state index contributed by atoms with van der Waals surface area (Å²) in [5.41, 5.74) is 0. The Hall–Kier alpha value is -1.82. The van der Waals surface area contributed by atoms with Gasteiger partial charge in [-0.05, 0) is 12.1 Å². The van der Waals surface area contributed by atoms with Gasteiger partial charge < -0.3 is 14.8 Å². The zero-order valence-electron chi connectivity index (χ0n) is 7.64. The summed E-state index contributed by atoms with van der Waals surface area (Å²) in [6.45, 7) is 0.431. The van der Waals surface area contributed by atoms with Crippen LogP contribution in [0.15, 0.2) is 28.1 Å². The van der Waals surface area contributed by atoms with Gasteiger partial charge in [0.05, 0.1) is 6.54 Å². The summed E-state index contributed by atoms with van der Waals surface area (Å²) in [6, 6.07) is 3.06. The van der Waals surface area contributed by atoms with Gasteiger partial charge in [0.15, 0.2) is 5.13 Å². The van der Waals surface area contributed by atoms with Crippen LogP contribution in [0, 0.1) is 0 Å². The number of anilines is 1. The van der Waals surface area contributed by atoms with Crippen LogP contribution in [0.25, 0.3) is 0 Å². The highest BCUT2D eigenvalue weighted by Crippen LogP contribution is 2.13. The number of hydrogen-bond acceptors (Lipinski definition) is 5. The molecule has 0 aliphatic rings. The summed E-state index contributed by atoms with van der Waals surface area (Å²) in [5, 5.41) is 14.3. The Morgan fingerprint density at radius 1 is 1.60 bits per heavy atom. The zero-order valence-corrected chi connectivity index (χ0v) is 8.45. The SMILES string of the molecule is O=C(O)c1ccc(CNc2nccs2)o1. The normalized spacial score (nSPS) is 10.1. The molecule has 2 aromatic rings. The Bertz CT molecular complexity index is 450. The average molecular weight is 224 g/mol. The first-order valence-corrected chi connectivity index (χ1v) is 5.09. The lowest BCUT2D eigenvalue weighted by atomic mass is 10.4. The second-order valence-electron chi connectivity index (χ2n) is 2.76. The van der Waals surface area contributed by atoms with E-state index in [0.717, 1.165) is 5.13 Å². The molecule has 0 spiro atoms. The molecule has 0 amide bonds. The predicted octanol–water partition coefficient (Wildman–Crippen LogP) is 2.05. The lowest BCUT2D eigenvalue weighted by molar-refractivity contribution is 0.0660. The topological polar surface area (TPSA) is 75.4 Å². The smallest absolute Gasteiger partial charge is 0.371 e. The van der Waals surface area contributed by atoms with Gasteiger partial charge in [-0.25, -0.2) is 9.78 Å². The number of carboxylic acids is 1. The maximum atomic E-state index is 10.5. The van der Waals surface area contributed by atoms with Gasteiger partial charge >= 0.3 is 5.97 Å². The Morgan fingerprint density at radius 3 is 3.07 bits per heavy atom. The number of carboxylic acid groups (broad SMARTS) is 1. The van der Waals surface area contributed by atoms with Gasteiger partial charge in [-0.1, -0.05) is 0 Å². The lowest BCUT2D eigenvalue weighted by Crippen LogP contribution is -1.97. The standard InChI is InChI=1S/C9H8N2O3S/c12-8(13)7-2-1-6(14-7)5-11-9-10-3-4-15-9/h1-4H,5H2,(H,10,11)(H,12,13). The molecular formula is C9H8N2O3S. The first-order valence-electron chi connectivity index (χ1n) is 4.21. The van der Waals surface area contributed by atoms with Crippen LogP contribution in [0.5, 0.6) is 0 Å². The molecule has 6 heteroatoms. The maximum Gasteiger partial charge on any atom is 0.371 e. The van der Waals surface area contributed by atoms with E-state index >= 15 is 0 Å². The minimum absolute atomic E-state index is 0.0501. The van der Waals surface area contributed by atoms with Crippen molar-refractivity contribution in [2.24, 2.45) is 0 Å². The van der Waals surface area contributed by atoms with Gasteiger partial charge in [0.2, 0.25) is 5.76 Å². The van der Waals surface area contributed by atoms with Gasteiger partial charge in [0.1, 0.15) is 5.76 Å². The molecule has 0 radical (unpaired) electrons. The first kappa shape index (κ1) is 9.72. The quantitative estimate of drug-likeness (QED) is 0.831. The van der Waals surface area contributed by atoms with Gasteiger partial charge in [0, 0.05) is 11.6 Å². The molecule has 0 saturated carbocycles. The highest BCUT2D eigenvalue weighted by atomic mass is 32.1. The second-order valence-corrected chi connectivity index (χ2v) is 3.66. The highest BCUT2D eigenvalue weighted by Gasteiger charge is 2.08. The van der Waals surface area contributed by atoms with Crippen LogP contribution in [0.3, 0.4) is 0 Å². The number of aromatic carboxylic acids is 1. The van der Waals surface area contributed by atoms with E-state index < -0.39 is 5.97 Å². The number of rotatable bonds is 4. The lowest BCUT2D eigenvalue weighted by Gasteiger charge is -1.97. The number of aromatic nitrogens is 1. The minimum atomic E-state index is -1.06. The largest absolute Gasteiger partial charge is 0.475 e. The molecule has 0 aliphatic heterocycles. The fourth-order valence-electron chi connectivity index (χ4n) is 1.06. The number of nitrogens with zero attached hydrogens (tertiary/aromatic N) is 1. The van der Waals surface area contributed by atoms with Crippen LogP contribution >= 0.6 is 11.3 Å². The Balaban J connectivity index is 1.96. The van der Waals surface area contributed by atoms with Gasteiger partial charge in [-0.3, -0.25) is 0 Å². The van der Waals surface area contributed by atoms with E-state index in [-0.39, 0.29) is 5.76 Å². The fraction of sp³-hybridized carbons (Fsp3) is 0.111. The van der Waals surface area contributed by atoms with Crippen LogP contribution in [-0.2, 0) is 6.54 Å². The summed E-state index contributed by atoms with van der Waals surface area (Å²) in [6.07, 6.45) is 1.69. The van der Waals surface area contributed by atoms with E-state index in [1.807, 2.05) is 5.38 Å². The molecule has 15 heavy (non-hydrogen) atoms. The maximum absolute atomic E-state index is 10.5. The number of thiazole rings is 1. The van der Waals surface area contributed by atoms with Crippen molar-refractivity contribution in [1.29, 1.82) is 0 Å². The van der Waals surface area contributed by atoms with Crippen molar-refractivity contribution in [3.8, 4) is 0 Å². The average Bonchev–Trinajstić information content (AvgIpc) is 2.86. The van der Waals surface area contributed by atoms with Crippen molar-refractivity contribution in [2.75, 3.05) is 5.32 Å². The van der Waals surface area contributed by atoms with Crippen LogP contribution in [-0.4, -0.2) is 16.1 Å². The van der Waals surface area contributed by atoms with Crippen molar-refractivity contribution in [2.45, 2.75) is 6.54 Å². The van der Waals surface area contributed by atoms with E-state index in [4.69, 9.17) is 9.52 Å². The molecule has 0 aliphatic carbocycles. The summed E-state index contributed by atoms with van der Waals surface area (Å²) in [4.78, 5) is 14.5. The van der Waals surface area contributed by atoms with Gasteiger partial charge in [-0.2, -0.15) is 0 Å². The number of hydrogen-bond donors (Lipinski definition) is 2. The van der Waals surface area contributed by atoms with Crippen molar-refractivity contribution in [1.82, 2.24) is 4.98 Å². The molecular weight excluding hydrogens is 216 g/mol. The van der Waals surface area contributed by atoms with E-state index in [9.17, 15) is 4.79 Å². The molecule has 0 aromatic carbocycles. The molecule has 0 fully saturated rings. The molecule has 2 N–H and O–H groups in total. The zero-order chi connectivity index (χ0) is 10.7. The molecule has 0 bridgehead atoms. The molecule has 2 heterocycles. The monoisotopic (exact) mass is 224 g/mol. The Morgan fingerprint density at radius 2 is 2.47 bits per heavy atom. The van der Waals surface area contributed by atoms with Crippen molar-refractivity contribution < 1.29 is 14.3 Å². The second kappa shape index (κ2) is 4.14. The fourth-order valence-corrected chi connectivity index (χ4v) is 1.59. The predicted molar refractivity (Wildman–Crippen MR) is 55.1 cm³/mol. The Labute approximate surface area is 89.4 Å². The number of carbonyl (C=O) groups is 1. The third kappa shape index (κ3) is 2.35. The summed E-state index contributed by atoms with van der Waals surface area (Å²) in [5.74, 6) is -0.538. The van der Waals surface area contributed by atoms with E-state index in [1.165, 1.54) is 17.4 Å². The van der Waals surface area contributed by atoms with Crippen molar-refractivity contribution in [3.05, 3.63) is 35.2 Å². The van der Waals surface area contributed by atoms with Crippen molar-refractivity contribution in [3.63, 3.8) is 0 Å². The number of nitrogens with one attached hydrogen (secondary N) is 1. The summed E-state index contributed by atoms with van der Waals surface area (Å²) < 4.78 is 5.06. The van der Waals surface area contributed by atoms with Gasteiger partial charge in [-0.15, -0.1) is 11.3 Å². The van der Waals surface area contributed by atoms with Crippen LogP contribution < -0.4 is 5.32 Å². The molecule has 2 rings (SSSR count). The third-order valence-electron chi connectivity index (χ3n) is 1.72. The van der Waals surface area contributed by atoms with Crippen LogP contribution in [0.1, 0.15) is 16.3 Å². The van der Waals surface area contributed by atoms with E-state index in [1.54, 1.807) is 12.3 Å². The summed E-state index contributed by atoms with van der Waals surface area (Å²) >= 11 is 1.48.